The molecule has 1 aromatic carbocycles. The van der Waals surface area contributed by atoms with Gasteiger partial charge in [0.2, 0.25) is 11.9 Å². The third kappa shape index (κ3) is 3.59. The highest BCUT2D eigenvalue weighted by Crippen LogP contribution is 2.43. The van der Waals surface area contributed by atoms with Crippen LogP contribution >= 0.6 is 0 Å². The molecule has 2 fully saturated rings. The lowest BCUT2D eigenvalue weighted by atomic mass is 9.69. The van der Waals surface area contributed by atoms with Crippen molar-refractivity contribution in [1.29, 1.82) is 5.26 Å². The molecule has 0 unspecified atom stereocenters. The van der Waals surface area contributed by atoms with Crippen molar-refractivity contribution in [3.8, 4) is 17.3 Å². The Morgan fingerprint density at radius 2 is 2.06 bits per heavy atom. The van der Waals surface area contributed by atoms with Gasteiger partial charge in [0.1, 0.15) is 0 Å². The summed E-state index contributed by atoms with van der Waals surface area (Å²) in [5.41, 5.74) is 9.08. The zero-order valence-corrected chi connectivity index (χ0v) is 17.6. The van der Waals surface area contributed by atoms with Gasteiger partial charge in [-0.2, -0.15) is 10.4 Å². The number of anilines is 3. The lowest BCUT2D eigenvalue weighted by Gasteiger charge is -2.44. The smallest absolute Gasteiger partial charge is 0.227 e. The molecule has 1 amide bonds. The quantitative estimate of drug-likeness (QED) is 0.618. The van der Waals surface area contributed by atoms with E-state index in [0.29, 0.717) is 18.9 Å². The minimum absolute atomic E-state index is 0.0380. The first-order chi connectivity index (χ1) is 15.6. The molecule has 2 aliphatic rings. The summed E-state index contributed by atoms with van der Waals surface area (Å²) in [5.74, 6) is 0.682. The molecular weight excluding hydrogens is 404 g/mol. The average molecular weight is 429 g/mol. The van der Waals surface area contributed by atoms with Crippen LogP contribution in [-0.2, 0) is 10.3 Å². The fourth-order valence-corrected chi connectivity index (χ4v) is 4.47. The van der Waals surface area contributed by atoms with Crippen molar-refractivity contribution >= 4 is 23.2 Å². The minimum Gasteiger partial charge on any atom is -0.328 e. The highest BCUT2D eigenvalue weighted by molar-refractivity contribution is 5.95. The van der Waals surface area contributed by atoms with Crippen molar-refractivity contribution in [2.75, 3.05) is 23.3 Å². The van der Waals surface area contributed by atoms with Gasteiger partial charge in [0.05, 0.1) is 29.4 Å². The number of rotatable bonds is 6. The molecule has 1 aliphatic heterocycles. The average Bonchev–Trinajstić information content (AvgIpc) is 3.44. The Balaban J connectivity index is 1.31. The number of nitriles is 1. The summed E-state index contributed by atoms with van der Waals surface area (Å²) in [7, 11) is 0. The molecular formula is C23H24N8O. The summed E-state index contributed by atoms with van der Waals surface area (Å²) in [6, 6.07) is 11.8. The number of hydrogen-bond donors (Lipinski definition) is 2. The molecule has 162 valence electrons. The second-order valence-electron chi connectivity index (χ2n) is 8.42. The van der Waals surface area contributed by atoms with Crippen LogP contribution in [0, 0.1) is 17.2 Å². The largest absolute Gasteiger partial charge is 0.328 e. The number of carbonyl (C=O) groups is 1. The van der Waals surface area contributed by atoms with E-state index in [1.807, 2.05) is 46.1 Å². The van der Waals surface area contributed by atoms with E-state index in [1.54, 1.807) is 12.4 Å². The first kappa shape index (κ1) is 20.2. The first-order valence-corrected chi connectivity index (χ1v) is 10.8. The van der Waals surface area contributed by atoms with E-state index in [-0.39, 0.29) is 17.4 Å². The second-order valence-corrected chi connectivity index (χ2v) is 8.42. The van der Waals surface area contributed by atoms with E-state index in [0.717, 1.165) is 48.4 Å². The van der Waals surface area contributed by atoms with Crippen LogP contribution in [0.3, 0.4) is 0 Å². The number of aromatic nitrogens is 4. The molecule has 2 aromatic heterocycles. The molecule has 0 radical (unpaired) electrons. The number of nitrogens with one attached hydrogen (secondary N) is 1. The number of carbonyl (C=O) groups excluding carboxylic acids is 1. The predicted octanol–water partition coefficient (Wildman–Crippen LogP) is 2.80. The zero-order chi connectivity index (χ0) is 22.1. The molecule has 1 saturated heterocycles. The van der Waals surface area contributed by atoms with Crippen molar-refractivity contribution in [3.05, 3.63) is 48.9 Å². The number of hydrogen-bond acceptors (Lipinski definition) is 7. The van der Waals surface area contributed by atoms with Crippen molar-refractivity contribution < 1.29 is 4.79 Å². The van der Waals surface area contributed by atoms with Gasteiger partial charge in [-0.25, -0.2) is 9.97 Å². The highest BCUT2D eigenvalue weighted by atomic mass is 16.2. The predicted molar refractivity (Wildman–Crippen MR) is 120 cm³/mol. The summed E-state index contributed by atoms with van der Waals surface area (Å²) >= 11 is 0. The van der Waals surface area contributed by atoms with E-state index in [1.165, 1.54) is 0 Å². The van der Waals surface area contributed by atoms with Crippen LogP contribution < -0.4 is 16.0 Å². The van der Waals surface area contributed by atoms with Crippen LogP contribution in [0.4, 0.5) is 17.3 Å². The van der Waals surface area contributed by atoms with Gasteiger partial charge in [-0.05, 0) is 49.6 Å². The number of benzene rings is 1. The lowest BCUT2D eigenvalue weighted by molar-refractivity contribution is -0.117. The standard InChI is InChI=1S/C23H24N8O/c24-12-16-10-23(11-16,15-25)31-14-17(13-27-31)20-7-8-26-22(29-20)28-18-3-5-19(6-4-18)30-9-1-2-21(30)32/h3-8,13-14,16H,1-2,9-11,15,25H2,(H,26,28,29). The molecule has 3 heterocycles. The van der Waals surface area contributed by atoms with Crippen molar-refractivity contribution in [2.24, 2.45) is 11.7 Å². The van der Waals surface area contributed by atoms with E-state index in [9.17, 15) is 4.79 Å². The topological polar surface area (TPSA) is 126 Å². The Kier molecular flexibility index (Phi) is 5.07. The summed E-state index contributed by atoms with van der Waals surface area (Å²) in [5, 5.41) is 16.8. The van der Waals surface area contributed by atoms with Gasteiger partial charge in [0, 0.05) is 48.8 Å². The van der Waals surface area contributed by atoms with Crippen molar-refractivity contribution in [1.82, 2.24) is 19.7 Å². The Hall–Kier alpha value is -3.77. The van der Waals surface area contributed by atoms with Crippen LogP contribution in [0.5, 0.6) is 0 Å². The van der Waals surface area contributed by atoms with E-state index in [2.05, 4.69) is 26.5 Å². The molecule has 3 aromatic rings. The maximum atomic E-state index is 11.9. The Labute approximate surface area is 185 Å². The fraction of sp³-hybridized carbons (Fsp3) is 0.348. The van der Waals surface area contributed by atoms with E-state index in [4.69, 9.17) is 11.0 Å². The van der Waals surface area contributed by atoms with Gasteiger partial charge < -0.3 is 16.0 Å². The summed E-state index contributed by atoms with van der Waals surface area (Å²) < 4.78 is 1.88. The minimum atomic E-state index is -0.286. The van der Waals surface area contributed by atoms with Gasteiger partial charge >= 0.3 is 0 Å². The van der Waals surface area contributed by atoms with Crippen LogP contribution in [0.25, 0.3) is 11.3 Å². The van der Waals surface area contributed by atoms with E-state index >= 15 is 0 Å². The van der Waals surface area contributed by atoms with Crippen LogP contribution in [0.1, 0.15) is 25.7 Å². The summed E-state index contributed by atoms with van der Waals surface area (Å²) in [4.78, 5) is 22.7. The Morgan fingerprint density at radius 3 is 2.75 bits per heavy atom. The SMILES string of the molecule is N#CC1CC(CN)(n2cc(-c3ccnc(Nc4ccc(N5CCCC5=O)cc4)n3)cn2)C1. The van der Waals surface area contributed by atoms with Gasteiger partial charge in [0.25, 0.3) is 0 Å². The van der Waals surface area contributed by atoms with Crippen LogP contribution in [0.15, 0.2) is 48.9 Å². The van der Waals surface area contributed by atoms with Gasteiger partial charge in [-0.15, -0.1) is 0 Å². The molecule has 3 N–H and O–H groups in total. The van der Waals surface area contributed by atoms with Crippen molar-refractivity contribution in [2.45, 2.75) is 31.2 Å². The molecule has 1 saturated carbocycles. The zero-order valence-electron chi connectivity index (χ0n) is 17.6. The Morgan fingerprint density at radius 1 is 1.25 bits per heavy atom. The Bertz CT molecular complexity index is 1170. The van der Waals surface area contributed by atoms with Gasteiger partial charge in [-0.1, -0.05) is 0 Å². The fourth-order valence-electron chi connectivity index (χ4n) is 4.47. The molecule has 0 spiro atoms. The normalized spacial score (nSPS) is 22.4. The molecule has 9 heteroatoms. The first-order valence-electron chi connectivity index (χ1n) is 10.8. The van der Waals surface area contributed by atoms with Gasteiger partial charge in [0.15, 0.2) is 0 Å². The maximum absolute atomic E-state index is 11.9. The highest BCUT2D eigenvalue weighted by Gasteiger charge is 2.45. The number of amides is 1. The van der Waals surface area contributed by atoms with E-state index < -0.39 is 0 Å². The maximum Gasteiger partial charge on any atom is 0.227 e. The van der Waals surface area contributed by atoms with Crippen LogP contribution in [0.2, 0.25) is 0 Å². The molecule has 0 bridgehead atoms. The molecule has 32 heavy (non-hydrogen) atoms. The molecule has 9 nitrogen and oxygen atoms in total. The van der Waals surface area contributed by atoms with Crippen LogP contribution in [-0.4, -0.2) is 38.7 Å². The third-order valence-electron chi connectivity index (χ3n) is 6.34. The van der Waals surface area contributed by atoms with Crippen molar-refractivity contribution in [3.63, 3.8) is 0 Å². The van der Waals surface area contributed by atoms with Gasteiger partial charge in [-0.3, -0.25) is 9.48 Å². The summed E-state index contributed by atoms with van der Waals surface area (Å²) in [6.07, 6.45) is 8.36. The summed E-state index contributed by atoms with van der Waals surface area (Å²) in [6.45, 7) is 1.22. The molecule has 5 rings (SSSR count). The molecule has 0 atom stereocenters. The monoisotopic (exact) mass is 428 g/mol. The number of nitrogens with two attached hydrogens (primary N) is 1. The second kappa shape index (κ2) is 8.05. The molecule has 1 aliphatic carbocycles. The number of nitrogens with zero attached hydrogens (tertiary/aromatic N) is 6. The third-order valence-corrected chi connectivity index (χ3v) is 6.34. The lowest BCUT2D eigenvalue weighted by Crippen LogP contribution is -2.51.